The molecule has 28 heavy (non-hydrogen) atoms. The molecule has 0 saturated carbocycles. The molecule has 0 N–H and O–H groups in total. The molecule has 0 aromatic heterocycles. The first kappa shape index (κ1) is 19.0. The van der Waals surface area contributed by atoms with Crippen LogP contribution >= 0.6 is 0 Å². The highest BCUT2D eigenvalue weighted by atomic mass is 16.2. The van der Waals surface area contributed by atoms with E-state index in [0.29, 0.717) is 38.0 Å². The van der Waals surface area contributed by atoms with E-state index in [2.05, 4.69) is 0 Å². The summed E-state index contributed by atoms with van der Waals surface area (Å²) in [5.41, 5.74) is 1.70. The summed E-state index contributed by atoms with van der Waals surface area (Å²) < 4.78 is 0. The lowest BCUT2D eigenvalue weighted by Gasteiger charge is -2.40. The Kier molecular flexibility index (Phi) is 5.64. The van der Waals surface area contributed by atoms with Crippen molar-refractivity contribution in [3.63, 3.8) is 0 Å². The summed E-state index contributed by atoms with van der Waals surface area (Å²) in [4.78, 5) is 42.8. The van der Waals surface area contributed by atoms with Crippen molar-refractivity contribution in [3.05, 3.63) is 35.4 Å². The number of hydrogen-bond donors (Lipinski definition) is 0. The maximum absolute atomic E-state index is 13.0. The van der Waals surface area contributed by atoms with Crippen LogP contribution in [0.2, 0.25) is 0 Å². The van der Waals surface area contributed by atoms with Crippen molar-refractivity contribution < 1.29 is 14.4 Å². The summed E-state index contributed by atoms with van der Waals surface area (Å²) in [6, 6.07) is 7.95. The third-order valence-corrected chi connectivity index (χ3v) is 6.27. The number of carbonyl (C=O) groups is 3. The van der Waals surface area contributed by atoms with E-state index in [1.807, 2.05) is 39.0 Å². The minimum absolute atomic E-state index is 0.0537. The van der Waals surface area contributed by atoms with Gasteiger partial charge < -0.3 is 14.7 Å². The van der Waals surface area contributed by atoms with Crippen LogP contribution in [0.3, 0.4) is 0 Å². The van der Waals surface area contributed by atoms with Crippen LogP contribution in [-0.4, -0.2) is 64.6 Å². The smallest absolute Gasteiger partial charge is 0.253 e. The van der Waals surface area contributed by atoms with Crippen molar-refractivity contribution >= 4 is 17.7 Å². The van der Waals surface area contributed by atoms with Gasteiger partial charge in [0.05, 0.1) is 0 Å². The summed E-state index contributed by atoms with van der Waals surface area (Å²) in [5, 5.41) is 0. The summed E-state index contributed by atoms with van der Waals surface area (Å²) in [6.07, 6.45) is 6.05. The molecule has 0 unspecified atom stereocenters. The second-order valence-corrected chi connectivity index (χ2v) is 8.19. The predicted octanol–water partition coefficient (Wildman–Crippen LogP) is 2.43. The van der Waals surface area contributed by atoms with E-state index < -0.39 is 0 Å². The number of benzene rings is 1. The third kappa shape index (κ3) is 4.05. The lowest BCUT2D eigenvalue weighted by atomic mass is 9.98. The Balaban J connectivity index is 1.35. The maximum Gasteiger partial charge on any atom is 0.253 e. The van der Waals surface area contributed by atoms with E-state index in [1.54, 1.807) is 0 Å². The average molecular weight is 383 g/mol. The SMILES string of the molecule is O=C1CCCN1Cc1cccc(C(=O)N2CCC(N3CCCCC3=O)CC2)c1. The third-order valence-electron chi connectivity index (χ3n) is 6.27. The van der Waals surface area contributed by atoms with Gasteiger partial charge in [0.2, 0.25) is 11.8 Å². The predicted molar refractivity (Wildman–Crippen MR) is 106 cm³/mol. The Bertz CT molecular complexity index is 755. The van der Waals surface area contributed by atoms with Gasteiger partial charge in [0.25, 0.3) is 5.91 Å². The topological polar surface area (TPSA) is 60.9 Å². The Hall–Kier alpha value is -2.37. The summed E-state index contributed by atoms with van der Waals surface area (Å²) >= 11 is 0. The molecule has 6 heteroatoms. The van der Waals surface area contributed by atoms with Gasteiger partial charge in [-0.15, -0.1) is 0 Å². The first-order chi connectivity index (χ1) is 13.6. The lowest BCUT2D eigenvalue weighted by molar-refractivity contribution is -0.136. The van der Waals surface area contributed by atoms with Crippen molar-refractivity contribution in [2.75, 3.05) is 26.2 Å². The second kappa shape index (κ2) is 8.33. The van der Waals surface area contributed by atoms with E-state index in [4.69, 9.17) is 0 Å². The molecule has 3 saturated heterocycles. The molecule has 3 fully saturated rings. The number of hydrogen-bond acceptors (Lipinski definition) is 3. The van der Waals surface area contributed by atoms with E-state index in [9.17, 15) is 14.4 Å². The number of carbonyl (C=O) groups excluding carboxylic acids is 3. The van der Waals surface area contributed by atoms with Gasteiger partial charge in [-0.05, 0) is 49.8 Å². The number of rotatable bonds is 4. The Labute approximate surface area is 166 Å². The highest BCUT2D eigenvalue weighted by Gasteiger charge is 2.31. The molecule has 3 heterocycles. The molecule has 150 valence electrons. The summed E-state index contributed by atoms with van der Waals surface area (Å²) in [5.74, 6) is 0.532. The van der Waals surface area contributed by atoms with Crippen LogP contribution in [0, 0.1) is 0 Å². The molecule has 1 aromatic rings. The van der Waals surface area contributed by atoms with Crippen molar-refractivity contribution in [2.45, 2.75) is 57.5 Å². The van der Waals surface area contributed by atoms with Crippen molar-refractivity contribution in [1.82, 2.24) is 14.7 Å². The fourth-order valence-corrected chi connectivity index (χ4v) is 4.67. The Morgan fingerprint density at radius 3 is 2.43 bits per heavy atom. The molecule has 0 bridgehead atoms. The van der Waals surface area contributed by atoms with Crippen LogP contribution in [0.4, 0.5) is 0 Å². The van der Waals surface area contributed by atoms with E-state index >= 15 is 0 Å². The lowest BCUT2D eigenvalue weighted by Crippen LogP contribution is -2.50. The molecule has 0 radical (unpaired) electrons. The molecular weight excluding hydrogens is 354 g/mol. The van der Waals surface area contributed by atoms with Gasteiger partial charge in [0.15, 0.2) is 0 Å². The summed E-state index contributed by atoms with van der Waals surface area (Å²) in [6.45, 7) is 3.65. The van der Waals surface area contributed by atoms with Gasteiger partial charge in [0.1, 0.15) is 0 Å². The van der Waals surface area contributed by atoms with Gasteiger partial charge in [-0.25, -0.2) is 0 Å². The van der Waals surface area contributed by atoms with Gasteiger partial charge >= 0.3 is 0 Å². The second-order valence-electron chi connectivity index (χ2n) is 8.19. The van der Waals surface area contributed by atoms with Crippen LogP contribution in [0.5, 0.6) is 0 Å². The maximum atomic E-state index is 13.0. The number of amides is 3. The molecule has 6 nitrogen and oxygen atoms in total. The van der Waals surface area contributed by atoms with Crippen molar-refractivity contribution in [2.24, 2.45) is 0 Å². The van der Waals surface area contributed by atoms with Crippen LogP contribution in [0.25, 0.3) is 0 Å². The molecule has 0 spiro atoms. The molecular formula is C22H29N3O3. The normalized spacial score (nSPS) is 21.5. The van der Waals surface area contributed by atoms with E-state index in [0.717, 1.165) is 50.8 Å². The molecule has 3 amide bonds. The largest absolute Gasteiger partial charge is 0.340 e. The molecule has 0 atom stereocenters. The summed E-state index contributed by atoms with van der Waals surface area (Å²) in [7, 11) is 0. The fourth-order valence-electron chi connectivity index (χ4n) is 4.67. The molecule has 3 aliphatic heterocycles. The van der Waals surface area contributed by atoms with Crippen LogP contribution in [0.1, 0.15) is 60.9 Å². The number of piperidine rings is 2. The van der Waals surface area contributed by atoms with E-state index in [-0.39, 0.29) is 23.8 Å². The van der Waals surface area contributed by atoms with Crippen molar-refractivity contribution in [1.29, 1.82) is 0 Å². The standard InChI is InChI=1S/C22H29N3O3/c26-20-8-4-11-24(20)16-17-5-3-6-18(15-17)22(28)23-13-9-19(10-14-23)25-12-2-1-7-21(25)27/h3,5-6,15,19H,1-2,4,7-14,16H2. The monoisotopic (exact) mass is 383 g/mol. The van der Waals surface area contributed by atoms with E-state index in [1.165, 1.54) is 0 Å². The fraction of sp³-hybridized carbons (Fsp3) is 0.591. The highest BCUT2D eigenvalue weighted by Crippen LogP contribution is 2.23. The molecule has 4 rings (SSSR count). The minimum atomic E-state index is 0.0537. The first-order valence-corrected chi connectivity index (χ1v) is 10.6. The quantitative estimate of drug-likeness (QED) is 0.802. The van der Waals surface area contributed by atoms with Gasteiger partial charge in [-0.3, -0.25) is 14.4 Å². The first-order valence-electron chi connectivity index (χ1n) is 10.6. The average Bonchev–Trinajstić information content (AvgIpc) is 3.13. The zero-order valence-corrected chi connectivity index (χ0v) is 16.4. The highest BCUT2D eigenvalue weighted by molar-refractivity contribution is 5.94. The Morgan fingerprint density at radius 1 is 0.929 bits per heavy atom. The zero-order valence-electron chi connectivity index (χ0n) is 16.4. The molecule has 0 aliphatic carbocycles. The van der Waals surface area contributed by atoms with Crippen LogP contribution in [0.15, 0.2) is 24.3 Å². The van der Waals surface area contributed by atoms with Crippen LogP contribution < -0.4 is 0 Å². The minimum Gasteiger partial charge on any atom is -0.340 e. The number of nitrogens with zero attached hydrogens (tertiary/aromatic N) is 3. The molecule has 1 aromatic carbocycles. The van der Waals surface area contributed by atoms with Crippen molar-refractivity contribution in [3.8, 4) is 0 Å². The van der Waals surface area contributed by atoms with Gasteiger partial charge in [0, 0.05) is 57.2 Å². The number of likely N-dealkylation sites (tertiary alicyclic amines) is 3. The van der Waals surface area contributed by atoms with Crippen LogP contribution in [-0.2, 0) is 16.1 Å². The molecule has 3 aliphatic rings. The zero-order chi connectivity index (χ0) is 19.5. The van der Waals surface area contributed by atoms with Gasteiger partial charge in [-0.2, -0.15) is 0 Å². The van der Waals surface area contributed by atoms with Gasteiger partial charge in [-0.1, -0.05) is 12.1 Å². The Morgan fingerprint density at radius 2 is 1.71 bits per heavy atom.